The minimum atomic E-state index is -0.681. The quantitative estimate of drug-likeness (QED) is 0.905. The number of fused-ring (bicyclic) bond motifs is 1. The summed E-state index contributed by atoms with van der Waals surface area (Å²) in [4.78, 5) is 0. The van der Waals surface area contributed by atoms with Gasteiger partial charge in [0.25, 0.3) is 0 Å². The first-order valence-electron chi connectivity index (χ1n) is 6.40. The van der Waals surface area contributed by atoms with E-state index in [1.807, 2.05) is 38.1 Å². The summed E-state index contributed by atoms with van der Waals surface area (Å²) < 4.78 is 11.5. The Hall–Kier alpha value is -1.52. The van der Waals surface area contributed by atoms with Crippen LogP contribution in [0.1, 0.15) is 28.4 Å². The van der Waals surface area contributed by atoms with E-state index in [4.69, 9.17) is 9.47 Å². The zero-order chi connectivity index (χ0) is 14.3. The molecular formula is C16H15BrO3. The summed E-state index contributed by atoms with van der Waals surface area (Å²) in [6.07, 6.45) is -0.681. The molecule has 1 aliphatic rings. The lowest BCUT2D eigenvalue weighted by Crippen LogP contribution is -2.01. The van der Waals surface area contributed by atoms with Crippen molar-refractivity contribution in [2.45, 2.75) is 20.0 Å². The maximum absolute atomic E-state index is 10.6. The van der Waals surface area contributed by atoms with Gasteiger partial charge in [0.15, 0.2) is 11.5 Å². The molecular weight excluding hydrogens is 320 g/mol. The molecule has 1 unspecified atom stereocenters. The average Bonchev–Trinajstić information content (AvgIpc) is 2.85. The maximum Gasteiger partial charge on any atom is 0.231 e. The molecule has 0 saturated carbocycles. The number of aryl methyl sites for hydroxylation is 2. The highest BCUT2D eigenvalue weighted by Gasteiger charge is 2.21. The number of hydrogen-bond acceptors (Lipinski definition) is 3. The highest BCUT2D eigenvalue weighted by molar-refractivity contribution is 9.10. The molecule has 0 aromatic heterocycles. The van der Waals surface area contributed by atoms with E-state index in [-0.39, 0.29) is 6.79 Å². The molecule has 2 aromatic rings. The van der Waals surface area contributed by atoms with Gasteiger partial charge in [-0.15, -0.1) is 0 Å². The highest BCUT2D eigenvalue weighted by atomic mass is 79.9. The van der Waals surface area contributed by atoms with Gasteiger partial charge in [-0.2, -0.15) is 0 Å². The summed E-state index contributed by atoms with van der Waals surface area (Å²) >= 11 is 3.45. The third kappa shape index (κ3) is 2.41. The Morgan fingerprint density at radius 3 is 2.35 bits per heavy atom. The second-order valence-electron chi connectivity index (χ2n) is 5.06. The van der Waals surface area contributed by atoms with Gasteiger partial charge in [-0.1, -0.05) is 29.3 Å². The number of ether oxygens (including phenoxy) is 2. The topological polar surface area (TPSA) is 38.7 Å². The largest absolute Gasteiger partial charge is 0.454 e. The summed E-state index contributed by atoms with van der Waals surface area (Å²) in [6.45, 7) is 4.27. The van der Waals surface area contributed by atoms with Gasteiger partial charge in [0.2, 0.25) is 6.79 Å². The monoisotopic (exact) mass is 334 g/mol. The van der Waals surface area contributed by atoms with Gasteiger partial charge >= 0.3 is 0 Å². The van der Waals surface area contributed by atoms with Crippen molar-refractivity contribution in [3.05, 3.63) is 57.1 Å². The van der Waals surface area contributed by atoms with Crippen LogP contribution in [0.5, 0.6) is 11.5 Å². The van der Waals surface area contributed by atoms with Gasteiger partial charge in [-0.25, -0.2) is 0 Å². The molecule has 0 aliphatic carbocycles. The Kier molecular flexibility index (Phi) is 3.44. The smallest absolute Gasteiger partial charge is 0.231 e. The van der Waals surface area contributed by atoms with Gasteiger partial charge in [-0.3, -0.25) is 0 Å². The Bertz CT molecular complexity index is 647. The Morgan fingerprint density at radius 1 is 1.00 bits per heavy atom. The first kappa shape index (κ1) is 13.5. The molecule has 1 heterocycles. The van der Waals surface area contributed by atoms with Crippen LogP contribution in [0.25, 0.3) is 0 Å². The molecule has 0 saturated heterocycles. The van der Waals surface area contributed by atoms with Gasteiger partial charge in [0, 0.05) is 0 Å². The molecule has 0 bridgehead atoms. The maximum atomic E-state index is 10.6. The van der Waals surface area contributed by atoms with Gasteiger partial charge in [-0.05, 0) is 53.0 Å². The van der Waals surface area contributed by atoms with E-state index in [1.165, 1.54) is 0 Å². The van der Waals surface area contributed by atoms with Crippen LogP contribution in [0.2, 0.25) is 0 Å². The predicted molar refractivity (Wildman–Crippen MR) is 80.2 cm³/mol. The molecule has 1 aliphatic heterocycles. The van der Waals surface area contributed by atoms with Crippen LogP contribution in [-0.2, 0) is 0 Å². The SMILES string of the molecule is Cc1cc(C)cc(C(O)c2cc(Br)c3c(c2)OCO3)c1. The van der Waals surface area contributed by atoms with Crippen LogP contribution in [0.3, 0.4) is 0 Å². The van der Waals surface area contributed by atoms with E-state index < -0.39 is 6.10 Å². The molecule has 3 nitrogen and oxygen atoms in total. The van der Waals surface area contributed by atoms with Crippen LogP contribution in [0, 0.1) is 13.8 Å². The van der Waals surface area contributed by atoms with Crippen LogP contribution in [0.15, 0.2) is 34.8 Å². The zero-order valence-electron chi connectivity index (χ0n) is 11.3. The van der Waals surface area contributed by atoms with Crippen LogP contribution < -0.4 is 9.47 Å². The fraction of sp³-hybridized carbons (Fsp3) is 0.250. The number of benzene rings is 2. The van der Waals surface area contributed by atoms with Crippen molar-refractivity contribution in [1.29, 1.82) is 0 Å². The molecule has 20 heavy (non-hydrogen) atoms. The Labute approximate surface area is 126 Å². The molecule has 0 fully saturated rings. The number of aliphatic hydroxyl groups is 1. The van der Waals surface area contributed by atoms with Crippen LogP contribution >= 0.6 is 15.9 Å². The molecule has 3 rings (SSSR count). The van der Waals surface area contributed by atoms with Gasteiger partial charge in [0.05, 0.1) is 4.47 Å². The van der Waals surface area contributed by atoms with Crippen molar-refractivity contribution in [3.8, 4) is 11.5 Å². The lowest BCUT2D eigenvalue weighted by Gasteiger charge is -2.14. The van der Waals surface area contributed by atoms with Crippen molar-refractivity contribution in [1.82, 2.24) is 0 Å². The minimum absolute atomic E-state index is 0.219. The van der Waals surface area contributed by atoms with E-state index in [1.54, 1.807) is 0 Å². The first-order chi connectivity index (χ1) is 9.54. The minimum Gasteiger partial charge on any atom is -0.454 e. The molecule has 0 spiro atoms. The van der Waals surface area contributed by atoms with Crippen molar-refractivity contribution < 1.29 is 14.6 Å². The fourth-order valence-electron chi connectivity index (χ4n) is 2.51. The lowest BCUT2D eigenvalue weighted by atomic mass is 9.98. The Morgan fingerprint density at radius 2 is 1.65 bits per heavy atom. The van der Waals surface area contributed by atoms with Crippen molar-refractivity contribution >= 4 is 15.9 Å². The third-order valence-electron chi connectivity index (χ3n) is 3.33. The predicted octanol–water partition coefficient (Wildman–Crippen LogP) is 3.88. The van der Waals surface area contributed by atoms with Crippen molar-refractivity contribution in [2.75, 3.05) is 6.79 Å². The van der Waals surface area contributed by atoms with Gasteiger partial charge < -0.3 is 14.6 Å². The standard InChI is InChI=1S/C16H15BrO3/c1-9-3-10(2)5-11(4-9)15(18)12-6-13(17)16-14(7-12)19-8-20-16/h3-7,15,18H,8H2,1-2H3. The second kappa shape index (κ2) is 5.11. The summed E-state index contributed by atoms with van der Waals surface area (Å²) in [6, 6.07) is 9.78. The first-order valence-corrected chi connectivity index (χ1v) is 7.19. The highest BCUT2D eigenvalue weighted by Crippen LogP contribution is 2.42. The molecule has 104 valence electrons. The average molecular weight is 335 g/mol. The summed E-state index contributed by atoms with van der Waals surface area (Å²) in [5, 5.41) is 10.6. The molecule has 1 N–H and O–H groups in total. The number of halogens is 1. The zero-order valence-corrected chi connectivity index (χ0v) is 12.9. The van der Waals surface area contributed by atoms with E-state index in [0.29, 0.717) is 11.5 Å². The van der Waals surface area contributed by atoms with E-state index in [0.717, 1.165) is 26.7 Å². The fourth-order valence-corrected chi connectivity index (χ4v) is 3.08. The van der Waals surface area contributed by atoms with Crippen LogP contribution in [-0.4, -0.2) is 11.9 Å². The number of hydrogen-bond donors (Lipinski definition) is 1. The Balaban J connectivity index is 2.02. The van der Waals surface area contributed by atoms with Crippen LogP contribution in [0.4, 0.5) is 0 Å². The van der Waals surface area contributed by atoms with E-state index in [9.17, 15) is 5.11 Å². The number of aliphatic hydroxyl groups excluding tert-OH is 1. The van der Waals surface area contributed by atoms with Crippen molar-refractivity contribution in [2.24, 2.45) is 0 Å². The van der Waals surface area contributed by atoms with Gasteiger partial charge in [0.1, 0.15) is 6.10 Å². The van der Waals surface area contributed by atoms with Crippen molar-refractivity contribution in [3.63, 3.8) is 0 Å². The summed E-state index contributed by atoms with van der Waals surface area (Å²) in [7, 11) is 0. The second-order valence-corrected chi connectivity index (χ2v) is 5.91. The number of rotatable bonds is 2. The molecule has 4 heteroatoms. The third-order valence-corrected chi connectivity index (χ3v) is 3.91. The molecule has 0 radical (unpaired) electrons. The van der Waals surface area contributed by atoms with E-state index in [2.05, 4.69) is 22.0 Å². The molecule has 0 amide bonds. The summed E-state index contributed by atoms with van der Waals surface area (Å²) in [5.74, 6) is 1.36. The normalized spacial score (nSPS) is 14.4. The van der Waals surface area contributed by atoms with E-state index >= 15 is 0 Å². The molecule has 2 aromatic carbocycles. The molecule has 1 atom stereocenters. The summed E-state index contributed by atoms with van der Waals surface area (Å²) in [5.41, 5.74) is 3.94. The lowest BCUT2D eigenvalue weighted by molar-refractivity contribution is 0.173.